The van der Waals surface area contributed by atoms with Crippen LogP contribution in [0.5, 0.6) is 11.5 Å². The average Bonchev–Trinajstić information content (AvgIpc) is 2.60. The highest BCUT2D eigenvalue weighted by molar-refractivity contribution is 8.00. The van der Waals surface area contributed by atoms with Gasteiger partial charge in [0.2, 0.25) is 0 Å². The molecule has 0 unspecified atom stereocenters. The maximum Gasteiger partial charge on any atom is 0.337 e. The van der Waals surface area contributed by atoms with E-state index < -0.39 is 5.97 Å². The van der Waals surface area contributed by atoms with Gasteiger partial charge in [0.15, 0.2) is 0 Å². The van der Waals surface area contributed by atoms with Crippen molar-refractivity contribution in [1.82, 2.24) is 0 Å². The van der Waals surface area contributed by atoms with E-state index >= 15 is 0 Å². The predicted molar refractivity (Wildman–Crippen MR) is 87.1 cm³/mol. The molecule has 120 valence electrons. The maximum atomic E-state index is 11.8. The van der Waals surface area contributed by atoms with Crippen LogP contribution >= 0.6 is 11.8 Å². The van der Waals surface area contributed by atoms with E-state index in [0.29, 0.717) is 11.3 Å². The molecule has 0 saturated carbocycles. The lowest BCUT2D eigenvalue weighted by Gasteiger charge is -2.06. The second kappa shape index (κ2) is 8.24. The van der Waals surface area contributed by atoms with Crippen molar-refractivity contribution in [3.8, 4) is 11.5 Å². The third-order valence-corrected chi connectivity index (χ3v) is 3.91. The standard InChI is InChI=1S/C17H16O5S/c1-20-13-7-9-15(10-8-13)23-11-16(18)22-14-5-3-12(4-6-14)17(19)21-2/h3-10H,11H2,1-2H3. The summed E-state index contributed by atoms with van der Waals surface area (Å²) in [6.45, 7) is 0. The molecule has 0 amide bonds. The summed E-state index contributed by atoms with van der Waals surface area (Å²) in [6, 6.07) is 13.6. The number of carbonyl (C=O) groups is 2. The molecule has 2 aromatic rings. The van der Waals surface area contributed by atoms with Crippen LogP contribution in [-0.2, 0) is 9.53 Å². The quantitative estimate of drug-likeness (QED) is 0.460. The fraction of sp³-hybridized carbons (Fsp3) is 0.176. The number of methoxy groups -OCH3 is 2. The third kappa shape index (κ3) is 5.03. The molecule has 0 spiro atoms. The molecular formula is C17H16O5S. The predicted octanol–water partition coefficient (Wildman–Crippen LogP) is 3.18. The van der Waals surface area contributed by atoms with Gasteiger partial charge in [-0.25, -0.2) is 4.79 Å². The molecule has 0 aromatic heterocycles. The molecule has 6 heteroatoms. The number of hydrogen-bond donors (Lipinski definition) is 0. The first-order chi connectivity index (χ1) is 11.1. The van der Waals surface area contributed by atoms with Gasteiger partial charge in [0.05, 0.1) is 25.5 Å². The number of esters is 2. The molecule has 0 bridgehead atoms. The summed E-state index contributed by atoms with van der Waals surface area (Å²) in [4.78, 5) is 24.1. The van der Waals surface area contributed by atoms with Crippen LogP contribution in [0.15, 0.2) is 53.4 Å². The molecule has 0 aliphatic carbocycles. The van der Waals surface area contributed by atoms with Gasteiger partial charge in [-0.15, -0.1) is 11.8 Å². The van der Waals surface area contributed by atoms with Crippen LogP contribution in [-0.4, -0.2) is 31.9 Å². The van der Waals surface area contributed by atoms with Crippen molar-refractivity contribution in [3.63, 3.8) is 0 Å². The zero-order chi connectivity index (χ0) is 16.7. The second-order valence-corrected chi connectivity index (χ2v) is 5.50. The van der Waals surface area contributed by atoms with Gasteiger partial charge in [0.1, 0.15) is 11.5 Å². The fourth-order valence-corrected chi connectivity index (χ4v) is 2.42. The first-order valence-corrected chi connectivity index (χ1v) is 7.77. The minimum Gasteiger partial charge on any atom is -0.497 e. The molecule has 0 saturated heterocycles. The molecule has 0 N–H and O–H groups in total. The van der Waals surface area contributed by atoms with Crippen molar-refractivity contribution in [2.45, 2.75) is 4.90 Å². The monoisotopic (exact) mass is 332 g/mol. The Labute approximate surface area is 138 Å². The van der Waals surface area contributed by atoms with Gasteiger partial charge in [-0.2, -0.15) is 0 Å². The Morgan fingerprint density at radius 3 is 2.09 bits per heavy atom. The Morgan fingerprint density at radius 2 is 1.52 bits per heavy atom. The van der Waals surface area contributed by atoms with E-state index in [1.807, 2.05) is 24.3 Å². The van der Waals surface area contributed by atoms with Crippen LogP contribution in [0.4, 0.5) is 0 Å². The highest BCUT2D eigenvalue weighted by atomic mass is 32.2. The van der Waals surface area contributed by atoms with Crippen molar-refractivity contribution < 1.29 is 23.8 Å². The molecule has 2 aromatic carbocycles. The van der Waals surface area contributed by atoms with E-state index in [9.17, 15) is 9.59 Å². The number of thioether (sulfide) groups is 1. The molecule has 0 atom stereocenters. The smallest absolute Gasteiger partial charge is 0.337 e. The number of rotatable bonds is 6. The normalized spacial score (nSPS) is 10.0. The minimum absolute atomic E-state index is 0.186. The summed E-state index contributed by atoms with van der Waals surface area (Å²) < 4.78 is 14.9. The van der Waals surface area contributed by atoms with Gasteiger partial charge in [-0.05, 0) is 48.5 Å². The number of benzene rings is 2. The largest absolute Gasteiger partial charge is 0.497 e. The highest BCUT2D eigenvalue weighted by Crippen LogP contribution is 2.22. The maximum absolute atomic E-state index is 11.8. The molecule has 0 heterocycles. The Hall–Kier alpha value is -2.47. The first-order valence-electron chi connectivity index (χ1n) is 6.78. The van der Waals surface area contributed by atoms with Gasteiger partial charge < -0.3 is 14.2 Å². The molecule has 2 rings (SSSR count). The van der Waals surface area contributed by atoms with E-state index in [1.54, 1.807) is 31.4 Å². The van der Waals surface area contributed by atoms with Crippen molar-refractivity contribution >= 4 is 23.7 Å². The van der Waals surface area contributed by atoms with E-state index in [0.717, 1.165) is 10.6 Å². The number of hydrogen-bond acceptors (Lipinski definition) is 6. The molecule has 0 aliphatic heterocycles. The minimum atomic E-state index is -0.432. The van der Waals surface area contributed by atoms with Crippen molar-refractivity contribution in [3.05, 3.63) is 54.1 Å². The summed E-state index contributed by atoms with van der Waals surface area (Å²) in [5, 5.41) is 0. The zero-order valence-electron chi connectivity index (χ0n) is 12.8. The van der Waals surface area contributed by atoms with E-state index in [1.165, 1.54) is 18.9 Å². The summed E-state index contributed by atoms with van der Waals surface area (Å²) in [5.41, 5.74) is 0.403. The van der Waals surface area contributed by atoms with Crippen molar-refractivity contribution in [2.75, 3.05) is 20.0 Å². The molecule has 0 radical (unpaired) electrons. The summed E-state index contributed by atoms with van der Waals surface area (Å²) in [7, 11) is 2.91. The van der Waals surface area contributed by atoms with E-state index in [4.69, 9.17) is 9.47 Å². The highest BCUT2D eigenvalue weighted by Gasteiger charge is 2.08. The topological polar surface area (TPSA) is 61.8 Å². The first kappa shape index (κ1) is 16.9. The van der Waals surface area contributed by atoms with Gasteiger partial charge >= 0.3 is 11.9 Å². The van der Waals surface area contributed by atoms with Crippen LogP contribution in [0, 0.1) is 0 Å². The van der Waals surface area contributed by atoms with E-state index in [2.05, 4.69) is 4.74 Å². The Balaban J connectivity index is 1.85. The lowest BCUT2D eigenvalue weighted by atomic mass is 10.2. The summed E-state index contributed by atoms with van der Waals surface area (Å²) in [5.74, 6) is 0.542. The van der Waals surface area contributed by atoms with Crippen molar-refractivity contribution in [1.29, 1.82) is 0 Å². The molecular weight excluding hydrogens is 316 g/mol. The fourth-order valence-electron chi connectivity index (χ4n) is 1.75. The SMILES string of the molecule is COC(=O)c1ccc(OC(=O)CSc2ccc(OC)cc2)cc1. The van der Waals surface area contributed by atoms with Gasteiger partial charge in [-0.3, -0.25) is 4.79 Å². The average molecular weight is 332 g/mol. The van der Waals surface area contributed by atoms with Crippen LogP contribution in [0.1, 0.15) is 10.4 Å². The molecule has 0 fully saturated rings. The van der Waals surface area contributed by atoms with Crippen LogP contribution in [0.3, 0.4) is 0 Å². The number of ether oxygens (including phenoxy) is 3. The molecule has 23 heavy (non-hydrogen) atoms. The van der Waals surface area contributed by atoms with E-state index in [-0.39, 0.29) is 11.7 Å². The Bertz CT molecular complexity index is 664. The summed E-state index contributed by atoms with van der Waals surface area (Å²) >= 11 is 1.37. The number of carbonyl (C=O) groups excluding carboxylic acids is 2. The van der Waals surface area contributed by atoms with Gasteiger partial charge in [0, 0.05) is 4.90 Å². The Morgan fingerprint density at radius 1 is 0.913 bits per heavy atom. The lowest BCUT2D eigenvalue weighted by molar-refractivity contribution is -0.131. The van der Waals surface area contributed by atoms with Crippen LogP contribution in [0.25, 0.3) is 0 Å². The second-order valence-electron chi connectivity index (χ2n) is 4.45. The third-order valence-electron chi connectivity index (χ3n) is 2.92. The van der Waals surface area contributed by atoms with Crippen LogP contribution < -0.4 is 9.47 Å². The lowest BCUT2D eigenvalue weighted by Crippen LogP contribution is -2.10. The van der Waals surface area contributed by atoms with Crippen molar-refractivity contribution in [2.24, 2.45) is 0 Å². The summed E-state index contributed by atoms with van der Waals surface area (Å²) in [6.07, 6.45) is 0. The van der Waals surface area contributed by atoms with Crippen LogP contribution in [0.2, 0.25) is 0 Å². The molecule has 5 nitrogen and oxygen atoms in total. The zero-order valence-corrected chi connectivity index (χ0v) is 13.6. The molecule has 0 aliphatic rings. The van der Waals surface area contributed by atoms with Gasteiger partial charge in [-0.1, -0.05) is 0 Å². The Kier molecular flexibility index (Phi) is 6.05. The van der Waals surface area contributed by atoms with Gasteiger partial charge in [0.25, 0.3) is 0 Å².